The van der Waals surface area contributed by atoms with Gasteiger partial charge in [-0.1, -0.05) is 30.9 Å². The Hall–Kier alpha value is -4.15. The van der Waals surface area contributed by atoms with Crippen molar-refractivity contribution in [3.05, 3.63) is 59.3 Å². The van der Waals surface area contributed by atoms with Crippen LogP contribution in [0.3, 0.4) is 0 Å². The number of aromatic amines is 2. The van der Waals surface area contributed by atoms with Gasteiger partial charge in [-0.05, 0) is 55.2 Å². The molecule has 0 bridgehead atoms. The van der Waals surface area contributed by atoms with Crippen molar-refractivity contribution in [2.24, 2.45) is 5.92 Å². The number of nitrogens with zero attached hydrogens (tertiary/aromatic N) is 5. The van der Waals surface area contributed by atoms with Crippen LogP contribution in [-0.2, 0) is 4.79 Å². The summed E-state index contributed by atoms with van der Waals surface area (Å²) >= 11 is 7.67. The van der Waals surface area contributed by atoms with Crippen molar-refractivity contribution < 1.29 is 4.79 Å². The van der Waals surface area contributed by atoms with Crippen LogP contribution in [0.5, 0.6) is 0 Å². The maximum absolute atomic E-state index is 12.7. The number of thiophene rings is 1. The standard InChI is InChI=1S/C29H25ClN8OS/c30-23-9-8-22(40-23)19-10-11-32-28-25(19)35-29(36-28)27-26-21(37-38-27)7-6-20(34-26)17-13-18(15-31-14-17)33-24(39)12-16-4-2-1-3-5-16/h6-11,13-16H,1-5,12H2,(H,33,39)(H,37,38)(H,32,35,36). The van der Waals surface area contributed by atoms with Crippen LogP contribution in [0.4, 0.5) is 5.69 Å². The molecule has 1 aliphatic carbocycles. The average molecular weight is 569 g/mol. The zero-order valence-electron chi connectivity index (χ0n) is 21.4. The van der Waals surface area contributed by atoms with E-state index >= 15 is 0 Å². The third-order valence-electron chi connectivity index (χ3n) is 7.37. The van der Waals surface area contributed by atoms with E-state index in [-0.39, 0.29) is 5.91 Å². The highest BCUT2D eigenvalue weighted by atomic mass is 35.5. The third-order valence-corrected chi connectivity index (χ3v) is 8.64. The number of carbonyl (C=O) groups excluding carboxylic acids is 1. The maximum Gasteiger partial charge on any atom is 0.224 e. The molecular formula is C29H25ClN8OS. The van der Waals surface area contributed by atoms with Crippen LogP contribution in [0.1, 0.15) is 38.5 Å². The van der Waals surface area contributed by atoms with E-state index < -0.39 is 0 Å². The highest BCUT2D eigenvalue weighted by molar-refractivity contribution is 7.19. The number of fused-ring (bicyclic) bond motifs is 2. The molecule has 0 aliphatic heterocycles. The number of carbonyl (C=O) groups is 1. The molecule has 0 radical (unpaired) electrons. The second-order valence-corrected chi connectivity index (χ2v) is 11.8. The van der Waals surface area contributed by atoms with E-state index in [4.69, 9.17) is 21.6 Å². The van der Waals surface area contributed by atoms with Crippen molar-refractivity contribution in [2.45, 2.75) is 38.5 Å². The van der Waals surface area contributed by atoms with Gasteiger partial charge in [0.25, 0.3) is 0 Å². The summed E-state index contributed by atoms with van der Waals surface area (Å²) in [6, 6.07) is 11.5. The summed E-state index contributed by atoms with van der Waals surface area (Å²) in [4.78, 5) is 35.6. The van der Waals surface area contributed by atoms with Crippen LogP contribution in [0.2, 0.25) is 4.34 Å². The Morgan fingerprint density at radius 3 is 2.80 bits per heavy atom. The van der Waals surface area contributed by atoms with E-state index in [1.165, 1.54) is 30.6 Å². The fraction of sp³-hybridized carbons (Fsp3) is 0.241. The lowest BCUT2D eigenvalue weighted by Crippen LogP contribution is -2.18. The second kappa shape index (κ2) is 10.4. The zero-order valence-corrected chi connectivity index (χ0v) is 23.0. The van der Waals surface area contributed by atoms with Crippen LogP contribution in [0, 0.1) is 5.92 Å². The van der Waals surface area contributed by atoms with Crippen LogP contribution in [0.25, 0.3) is 55.4 Å². The van der Waals surface area contributed by atoms with Gasteiger partial charge in [0.2, 0.25) is 5.91 Å². The normalized spacial score (nSPS) is 14.2. The van der Waals surface area contributed by atoms with Gasteiger partial charge in [-0.25, -0.2) is 15.0 Å². The zero-order chi connectivity index (χ0) is 27.1. The van der Waals surface area contributed by atoms with Crippen molar-refractivity contribution in [1.29, 1.82) is 0 Å². The van der Waals surface area contributed by atoms with Crippen molar-refractivity contribution in [3.63, 3.8) is 0 Å². The summed E-state index contributed by atoms with van der Waals surface area (Å²) < 4.78 is 0.716. The van der Waals surface area contributed by atoms with Gasteiger partial charge < -0.3 is 10.3 Å². The van der Waals surface area contributed by atoms with E-state index in [0.717, 1.165) is 39.9 Å². The number of rotatable bonds is 6. The van der Waals surface area contributed by atoms with Crippen LogP contribution >= 0.6 is 22.9 Å². The first-order valence-electron chi connectivity index (χ1n) is 13.3. The van der Waals surface area contributed by atoms with Crippen molar-refractivity contribution in [1.82, 2.24) is 35.1 Å². The number of imidazole rings is 1. The van der Waals surface area contributed by atoms with Crippen LogP contribution in [0.15, 0.2) is 55.0 Å². The van der Waals surface area contributed by atoms with Gasteiger partial charge in [0, 0.05) is 34.8 Å². The molecule has 0 atom stereocenters. The molecule has 7 rings (SSSR count). The molecule has 1 amide bonds. The summed E-state index contributed by atoms with van der Waals surface area (Å²) in [5.74, 6) is 1.07. The largest absolute Gasteiger partial charge is 0.325 e. The number of aromatic nitrogens is 7. The number of pyridine rings is 3. The number of amides is 1. The van der Waals surface area contributed by atoms with Crippen LogP contribution < -0.4 is 5.32 Å². The van der Waals surface area contributed by atoms with Gasteiger partial charge in [-0.2, -0.15) is 5.10 Å². The topological polar surface area (TPSA) is 125 Å². The van der Waals surface area contributed by atoms with Crippen molar-refractivity contribution in [2.75, 3.05) is 5.32 Å². The Labute approximate surface area is 238 Å². The van der Waals surface area contributed by atoms with Gasteiger partial charge in [-0.15, -0.1) is 11.3 Å². The first-order chi connectivity index (χ1) is 19.6. The van der Waals surface area contributed by atoms with E-state index in [1.54, 1.807) is 18.6 Å². The summed E-state index contributed by atoms with van der Waals surface area (Å²) in [6.07, 6.45) is 11.7. The minimum Gasteiger partial charge on any atom is -0.325 e. The van der Waals surface area contributed by atoms with Gasteiger partial charge in [0.15, 0.2) is 17.2 Å². The molecule has 0 unspecified atom stereocenters. The van der Waals surface area contributed by atoms with Crippen LogP contribution in [-0.4, -0.2) is 41.0 Å². The van der Waals surface area contributed by atoms with Crippen molar-refractivity contribution >= 4 is 56.7 Å². The smallest absolute Gasteiger partial charge is 0.224 e. The number of halogens is 1. The molecule has 3 N–H and O–H groups in total. The summed E-state index contributed by atoms with van der Waals surface area (Å²) in [7, 11) is 0. The number of anilines is 1. The Bertz CT molecular complexity index is 1850. The Morgan fingerprint density at radius 1 is 1.05 bits per heavy atom. The molecule has 6 heterocycles. The maximum atomic E-state index is 12.7. The molecule has 1 saturated carbocycles. The lowest BCUT2D eigenvalue weighted by atomic mass is 9.87. The van der Waals surface area contributed by atoms with E-state index in [9.17, 15) is 4.79 Å². The molecule has 200 valence electrons. The first kappa shape index (κ1) is 24.9. The van der Waals surface area contributed by atoms with Crippen molar-refractivity contribution in [3.8, 4) is 33.2 Å². The second-order valence-electron chi connectivity index (χ2n) is 10.1. The molecule has 6 aromatic rings. The van der Waals surface area contributed by atoms with Gasteiger partial charge in [-0.3, -0.25) is 14.9 Å². The van der Waals surface area contributed by atoms with Gasteiger partial charge in [0.05, 0.1) is 27.4 Å². The molecule has 0 saturated heterocycles. The Kier molecular flexibility index (Phi) is 6.49. The summed E-state index contributed by atoms with van der Waals surface area (Å²) in [5.41, 5.74) is 6.57. The highest BCUT2D eigenvalue weighted by Crippen LogP contribution is 2.36. The Balaban J connectivity index is 1.19. The van der Waals surface area contributed by atoms with E-state index in [2.05, 4.69) is 30.5 Å². The summed E-state index contributed by atoms with van der Waals surface area (Å²) in [5, 5.41) is 10.6. The first-order valence-corrected chi connectivity index (χ1v) is 14.5. The monoisotopic (exact) mass is 568 g/mol. The molecule has 6 aromatic heterocycles. The summed E-state index contributed by atoms with van der Waals surface area (Å²) in [6.45, 7) is 0. The third kappa shape index (κ3) is 4.84. The predicted octanol–water partition coefficient (Wildman–Crippen LogP) is 7.25. The Morgan fingerprint density at radius 2 is 1.95 bits per heavy atom. The fourth-order valence-corrected chi connectivity index (χ4v) is 6.49. The molecule has 0 spiro atoms. The molecule has 11 heteroatoms. The number of H-pyrrole nitrogens is 2. The molecule has 9 nitrogen and oxygen atoms in total. The molecule has 40 heavy (non-hydrogen) atoms. The molecule has 1 aliphatic rings. The lowest BCUT2D eigenvalue weighted by Gasteiger charge is -2.20. The molecule has 0 aromatic carbocycles. The predicted molar refractivity (Wildman–Crippen MR) is 158 cm³/mol. The molecular weight excluding hydrogens is 544 g/mol. The average Bonchev–Trinajstić information content (AvgIpc) is 3.71. The quantitative estimate of drug-likeness (QED) is 0.194. The minimum atomic E-state index is 0.0362. The fourth-order valence-electron chi connectivity index (χ4n) is 5.42. The number of nitrogens with one attached hydrogen (secondary N) is 3. The van der Waals surface area contributed by atoms with Gasteiger partial charge in [0.1, 0.15) is 11.0 Å². The highest BCUT2D eigenvalue weighted by Gasteiger charge is 2.19. The molecule has 1 fully saturated rings. The van der Waals surface area contributed by atoms with Gasteiger partial charge >= 0.3 is 0 Å². The SMILES string of the molecule is O=C(CC1CCCCC1)Nc1cncc(-c2ccc3[nH]nc(-c4nc5c(-c6ccc(Cl)s6)ccnc5[nH]4)c3n2)c1. The lowest BCUT2D eigenvalue weighted by molar-refractivity contribution is -0.117. The number of hydrogen-bond acceptors (Lipinski definition) is 7. The van der Waals surface area contributed by atoms with E-state index in [1.807, 2.05) is 36.4 Å². The van der Waals surface area contributed by atoms with E-state index in [0.29, 0.717) is 50.7 Å². The number of hydrogen-bond donors (Lipinski definition) is 3. The minimum absolute atomic E-state index is 0.0362.